The summed E-state index contributed by atoms with van der Waals surface area (Å²) in [6, 6.07) is 5.37. The highest BCUT2D eigenvalue weighted by Gasteiger charge is 2.29. The van der Waals surface area contributed by atoms with E-state index < -0.39 is 18.1 Å². The van der Waals surface area contributed by atoms with Crippen molar-refractivity contribution < 1.29 is 24.6 Å². The van der Waals surface area contributed by atoms with Gasteiger partial charge < -0.3 is 15.5 Å². The Balaban J connectivity index is 2.56. The molecule has 0 bridgehead atoms. The van der Waals surface area contributed by atoms with Crippen LogP contribution in [0.15, 0.2) is 24.3 Å². The second kappa shape index (κ2) is 9.88. The monoisotopic (exact) mass is 370 g/mol. The molecule has 0 aliphatic carbocycles. The van der Waals surface area contributed by atoms with Gasteiger partial charge in [0.05, 0.1) is 0 Å². The minimum absolute atomic E-state index is 0.0227. The summed E-state index contributed by atoms with van der Waals surface area (Å²) in [5.74, 6) is -1.44. The molecule has 1 atom stereocenters. The number of carboxylic acid groups (broad SMARTS) is 2. The van der Waals surface area contributed by atoms with E-state index >= 15 is 0 Å². The topological polar surface area (TPSA) is 107 Å². The Hall–Kier alpha value is -2.28. The van der Waals surface area contributed by atoms with Crippen LogP contribution in [0.3, 0.4) is 0 Å². The normalized spacial score (nSPS) is 11.8. The third-order valence-corrected chi connectivity index (χ3v) is 3.78. The Morgan fingerprint density at radius 1 is 1.24 bits per heavy atom. The van der Waals surface area contributed by atoms with Gasteiger partial charge in [0.2, 0.25) is 0 Å². The van der Waals surface area contributed by atoms with E-state index in [4.69, 9.17) is 11.6 Å². The number of carbonyl (C=O) groups excluding carboxylic acids is 1. The molecule has 25 heavy (non-hydrogen) atoms. The number of hydrogen-bond donors (Lipinski definition) is 3. The van der Waals surface area contributed by atoms with Crippen molar-refractivity contribution in [2.45, 2.75) is 32.7 Å². The molecule has 0 saturated carbocycles. The van der Waals surface area contributed by atoms with Crippen LogP contribution in [0.25, 0.3) is 0 Å². The first kappa shape index (κ1) is 20.8. The van der Waals surface area contributed by atoms with E-state index in [2.05, 4.69) is 5.32 Å². The van der Waals surface area contributed by atoms with Crippen molar-refractivity contribution in [3.63, 3.8) is 0 Å². The maximum Gasteiger partial charge on any atom is 0.408 e. The number of nitrogens with zero attached hydrogens (tertiary/aromatic N) is 1. The number of aliphatic carboxylic acids is 1. The highest BCUT2D eigenvalue weighted by molar-refractivity contribution is 6.30. The van der Waals surface area contributed by atoms with Crippen LogP contribution < -0.4 is 5.32 Å². The molecule has 7 nitrogen and oxygen atoms in total. The predicted molar refractivity (Wildman–Crippen MR) is 94.0 cm³/mol. The SMILES string of the molecule is CC(C)C[C@@H](C(=O)O)N(CCCNC(=O)c1cccc(Cl)c1)C(=O)O. The fourth-order valence-electron chi connectivity index (χ4n) is 2.38. The fourth-order valence-corrected chi connectivity index (χ4v) is 2.57. The lowest BCUT2D eigenvalue weighted by Crippen LogP contribution is -2.46. The van der Waals surface area contributed by atoms with Crippen molar-refractivity contribution in [2.24, 2.45) is 5.92 Å². The number of hydrogen-bond acceptors (Lipinski definition) is 3. The number of nitrogens with one attached hydrogen (secondary N) is 1. The van der Waals surface area contributed by atoms with Crippen LogP contribution in [-0.2, 0) is 4.79 Å². The second-order valence-corrected chi connectivity index (χ2v) is 6.52. The molecule has 1 aromatic carbocycles. The molecule has 0 aliphatic rings. The molecule has 138 valence electrons. The van der Waals surface area contributed by atoms with Gasteiger partial charge in [-0.1, -0.05) is 31.5 Å². The van der Waals surface area contributed by atoms with Gasteiger partial charge in [0.1, 0.15) is 6.04 Å². The van der Waals surface area contributed by atoms with E-state index in [1.165, 1.54) is 6.07 Å². The molecule has 0 heterocycles. The van der Waals surface area contributed by atoms with Crippen molar-refractivity contribution in [3.05, 3.63) is 34.9 Å². The van der Waals surface area contributed by atoms with E-state index in [-0.39, 0.29) is 31.3 Å². The van der Waals surface area contributed by atoms with Crippen LogP contribution in [0.1, 0.15) is 37.0 Å². The first-order valence-corrected chi connectivity index (χ1v) is 8.36. The highest BCUT2D eigenvalue weighted by atomic mass is 35.5. The molecule has 0 saturated heterocycles. The maximum atomic E-state index is 12.0. The van der Waals surface area contributed by atoms with Crippen LogP contribution in [-0.4, -0.2) is 52.2 Å². The van der Waals surface area contributed by atoms with Crippen LogP contribution in [0.2, 0.25) is 5.02 Å². The third kappa shape index (κ3) is 7.01. The average Bonchev–Trinajstić information content (AvgIpc) is 2.52. The molecule has 0 unspecified atom stereocenters. The van der Waals surface area contributed by atoms with Crippen LogP contribution in [0.5, 0.6) is 0 Å². The van der Waals surface area contributed by atoms with Gasteiger partial charge in [-0.2, -0.15) is 0 Å². The molecule has 2 amide bonds. The van der Waals surface area contributed by atoms with Crippen LogP contribution in [0, 0.1) is 5.92 Å². The van der Waals surface area contributed by atoms with Crippen molar-refractivity contribution in [1.82, 2.24) is 10.2 Å². The fraction of sp³-hybridized carbons (Fsp3) is 0.471. The summed E-state index contributed by atoms with van der Waals surface area (Å²) in [5, 5.41) is 21.7. The largest absolute Gasteiger partial charge is 0.480 e. The maximum absolute atomic E-state index is 12.0. The van der Waals surface area contributed by atoms with Gasteiger partial charge in [-0.3, -0.25) is 9.69 Å². The minimum atomic E-state index is -1.28. The van der Waals surface area contributed by atoms with Gasteiger partial charge in [-0.25, -0.2) is 9.59 Å². The smallest absolute Gasteiger partial charge is 0.408 e. The zero-order valence-corrected chi connectivity index (χ0v) is 15.0. The van der Waals surface area contributed by atoms with E-state index in [9.17, 15) is 24.6 Å². The summed E-state index contributed by atoms with van der Waals surface area (Å²) < 4.78 is 0. The number of carbonyl (C=O) groups is 3. The summed E-state index contributed by atoms with van der Waals surface area (Å²) in [6.07, 6.45) is -0.744. The molecule has 8 heteroatoms. The molecule has 0 fully saturated rings. The van der Waals surface area contributed by atoms with Gasteiger partial charge in [-0.15, -0.1) is 0 Å². The predicted octanol–water partition coefficient (Wildman–Crippen LogP) is 2.94. The van der Waals surface area contributed by atoms with Crippen LogP contribution >= 0.6 is 11.6 Å². The molecular formula is C17H23ClN2O5. The molecular weight excluding hydrogens is 348 g/mol. The molecule has 0 radical (unpaired) electrons. The zero-order chi connectivity index (χ0) is 19.0. The van der Waals surface area contributed by atoms with Crippen molar-refractivity contribution >= 4 is 29.6 Å². The van der Waals surface area contributed by atoms with Crippen molar-refractivity contribution in [3.8, 4) is 0 Å². The quantitative estimate of drug-likeness (QED) is 0.579. The third-order valence-electron chi connectivity index (χ3n) is 3.55. The number of amides is 2. The van der Waals surface area contributed by atoms with E-state index in [1.807, 2.05) is 13.8 Å². The number of benzene rings is 1. The summed E-state index contributed by atoms with van der Waals surface area (Å²) in [6.45, 7) is 3.92. The first-order chi connectivity index (χ1) is 11.7. The Morgan fingerprint density at radius 3 is 2.44 bits per heavy atom. The lowest BCUT2D eigenvalue weighted by atomic mass is 10.0. The number of carboxylic acids is 1. The Labute approximate surface area is 151 Å². The lowest BCUT2D eigenvalue weighted by Gasteiger charge is -2.27. The molecule has 0 aromatic heterocycles. The highest BCUT2D eigenvalue weighted by Crippen LogP contribution is 2.13. The second-order valence-electron chi connectivity index (χ2n) is 6.08. The van der Waals surface area contributed by atoms with E-state index in [0.29, 0.717) is 17.0 Å². The molecule has 1 aromatic rings. The average molecular weight is 371 g/mol. The minimum Gasteiger partial charge on any atom is -0.480 e. The van der Waals surface area contributed by atoms with E-state index in [0.717, 1.165) is 4.90 Å². The standard InChI is InChI=1S/C17H23ClN2O5/c1-11(2)9-14(16(22)23)20(17(24)25)8-4-7-19-15(21)12-5-3-6-13(18)10-12/h3,5-6,10-11,14H,4,7-9H2,1-2H3,(H,19,21)(H,22,23)(H,24,25)/t14-/m0/s1. The van der Waals surface area contributed by atoms with Gasteiger partial charge in [0, 0.05) is 23.7 Å². The van der Waals surface area contributed by atoms with Crippen LogP contribution in [0.4, 0.5) is 4.79 Å². The summed E-state index contributed by atoms with van der Waals surface area (Å²) in [5.41, 5.74) is 0.408. The van der Waals surface area contributed by atoms with Gasteiger partial charge >= 0.3 is 12.1 Å². The van der Waals surface area contributed by atoms with Gasteiger partial charge in [-0.05, 0) is 37.0 Å². The Kier molecular flexibility index (Phi) is 8.21. The molecule has 0 aliphatic heterocycles. The van der Waals surface area contributed by atoms with E-state index in [1.54, 1.807) is 18.2 Å². The molecule has 0 spiro atoms. The lowest BCUT2D eigenvalue weighted by molar-refractivity contribution is -0.143. The summed E-state index contributed by atoms with van der Waals surface area (Å²) >= 11 is 5.83. The molecule has 1 rings (SSSR count). The summed E-state index contributed by atoms with van der Waals surface area (Å²) in [7, 11) is 0. The van der Waals surface area contributed by atoms with Gasteiger partial charge in [0.25, 0.3) is 5.91 Å². The Bertz CT molecular complexity index is 621. The Morgan fingerprint density at radius 2 is 1.92 bits per heavy atom. The zero-order valence-electron chi connectivity index (χ0n) is 14.2. The molecule has 3 N–H and O–H groups in total. The first-order valence-electron chi connectivity index (χ1n) is 7.98. The number of rotatable bonds is 9. The number of halogens is 1. The van der Waals surface area contributed by atoms with Crippen molar-refractivity contribution in [2.75, 3.05) is 13.1 Å². The van der Waals surface area contributed by atoms with Gasteiger partial charge in [0.15, 0.2) is 0 Å². The summed E-state index contributed by atoms with van der Waals surface area (Å²) in [4.78, 5) is 35.6. The van der Waals surface area contributed by atoms with Crippen molar-refractivity contribution in [1.29, 1.82) is 0 Å².